The minimum Gasteiger partial charge on any atom is -0.378 e. The first-order valence-electron chi connectivity index (χ1n) is 8.31. The molecule has 2 heterocycles. The molecule has 1 N–H and O–H groups in total. The van der Waals surface area contributed by atoms with Gasteiger partial charge in [0.15, 0.2) is 0 Å². The molecular formula is C17H31N3O2. The normalized spacial score (nSPS) is 22.9. The molecule has 2 aliphatic rings. The van der Waals surface area contributed by atoms with Gasteiger partial charge in [-0.05, 0) is 12.3 Å². The van der Waals surface area contributed by atoms with E-state index in [1.807, 2.05) is 0 Å². The number of amides is 1. The Kier molecular flexibility index (Phi) is 5.64. The molecule has 2 aliphatic heterocycles. The third-order valence-corrected chi connectivity index (χ3v) is 4.61. The molecule has 2 saturated heterocycles. The molecule has 0 saturated carbocycles. The lowest BCUT2D eigenvalue weighted by Crippen LogP contribution is -2.58. The summed E-state index contributed by atoms with van der Waals surface area (Å²) in [6, 6.07) is 0.704. The van der Waals surface area contributed by atoms with Crippen LogP contribution >= 0.6 is 0 Å². The van der Waals surface area contributed by atoms with Gasteiger partial charge in [0.2, 0.25) is 5.91 Å². The Bertz CT molecular complexity index is 405. The lowest BCUT2D eigenvalue weighted by atomic mass is 9.96. The topological polar surface area (TPSA) is 44.8 Å². The number of hydrogen-bond donors (Lipinski definition) is 1. The SMILES string of the molecule is C=C(C(=O)NCC(C)(C)C)C(C)N1CCN(C2COC2)CC1. The molecule has 1 amide bonds. The van der Waals surface area contributed by atoms with Crippen molar-refractivity contribution in [2.45, 2.75) is 39.8 Å². The Hall–Kier alpha value is -0.910. The van der Waals surface area contributed by atoms with E-state index in [0.717, 1.165) is 39.4 Å². The summed E-state index contributed by atoms with van der Waals surface area (Å²) in [5.74, 6) is -0.0164. The lowest BCUT2D eigenvalue weighted by molar-refractivity contribution is -0.118. The molecule has 5 heteroatoms. The number of rotatable bonds is 5. The van der Waals surface area contributed by atoms with Crippen LogP contribution in [0.15, 0.2) is 12.2 Å². The molecule has 22 heavy (non-hydrogen) atoms. The Morgan fingerprint density at radius 3 is 2.32 bits per heavy atom. The van der Waals surface area contributed by atoms with Crippen molar-refractivity contribution in [2.75, 3.05) is 45.9 Å². The van der Waals surface area contributed by atoms with Crippen LogP contribution in [0.3, 0.4) is 0 Å². The van der Waals surface area contributed by atoms with Crippen LogP contribution in [0.5, 0.6) is 0 Å². The van der Waals surface area contributed by atoms with Crippen LogP contribution in [0.1, 0.15) is 27.7 Å². The van der Waals surface area contributed by atoms with Gasteiger partial charge >= 0.3 is 0 Å². The zero-order valence-corrected chi connectivity index (χ0v) is 14.5. The van der Waals surface area contributed by atoms with Gasteiger partial charge in [-0.15, -0.1) is 0 Å². The molecule has 2 rings (SSSR count). The summed E-state index contributed by atoms with van der Waals surface area (Å²) >= 11 is 0. The maximum atomic E-state index is 12.2. The molecule has 0 spiro atoms. The average molecular weight is 309 g/mol. The molecule has 0 bridgehead atoms. The second-order valence-electron chi connectivity index (χ2n) is 7.71. The fourth-order valence-corrected chi connectivity index (χ4v) is 2.79. The Morgan fingerprint density at radius 1 is 1.27 bits per heavy atom. The summed E-state index contributed by atoms with van der Waals surface area (Å²) in [7, 11) is 0. The second kappa shape index (κ2) is 7.11. The van der Waals surface area contributed by atoms with E-state index in [1.165, 1.54) is 0 Å². The quantitative estimate of drug-likeness (QED) is 0.773. The third-order valence-electron chi connectivity index (χ3n) is 4.61. The van der Waals surface area contributed by atoms with E-state index in [0.29, 0.717) is 18.2 Å². The number of piperazine rings is 1. The van der Waals surface area contributed by atoms with Crippen LogP contribution in [0.25, 0.3) is 0 Å². The van der Waals surface area contributed by atoms with Crippen LogP contribution in [0.2, 0.25) is 0 Å². The molecule has 5 nitrogen and oxygen atoms in total. The average Bonchev–Trinajstić information content (AvgIpc) is 2.41. The summed E-state index contributed by atoms with van der Waals surface area (Å²) in [4.78, 5) is 17.1. The van der Waals surface area contributed by atoms with Crippen molar-refractivity contribution in [3.8, 4) is 0 Å². The van der Waals surface area contributed by atoms with Crippen LogP contribution in [-0.2, 0) is 9.53 Å². The number of carbonyl (C=O) groups excluding carboxylic acids is 1. The van der Waals surface area contributed by atoms with Gasteiger partial charge < -0.3 is 10.1 Å². The number of nitrogens with one attached hydrogen (secondary N) is 1. The first-order chi connectivity index (χ1) is 10.3. The minimum atomic E-state index is -0.0164. The van der Waals surface area contributed by atoms with Crippen molar-refractivity contribution >= 4 is 5.91 Å². The van der Waals surface area contributed by atoms with E-state index in [4.69, 9.17) is 4.74 Å². The maximum Gasteiger partial charge on any atom is 0.248 e. The number of hydrogen-bond acceptors (Lipinski definition) is 4. The predicted molar refractivity (Wildman–Crippen MR) is 88.8 cm³/mol. The summed E-state index contributed by atoms with van der Waals surface area (Å²) in [5, 5.41) is 3.00. The van der Waals surface area contributed by atoms with Crippen molar-refractivity contribution < 1.29 is 9.53 Å². The van der Waals surface area contributed by atoms with Crippen LogP contribution in [0, 0.1) is 5.41 Å². The van der Waals surface area contributed by atoms with Gasteiger partial charge in [0, 0.05) is 44.3 Å². The van der Waals surface area contributed by atoms with E-state index in [1.54, 1.807) is 0 Å². The highest BCUT2D eigenvalue weighted by atomic mass is 16.5. The Labute approximate surface area is 134 Å². The standard InChI is InChI=1S/C17H31N3O2/c1-13(16(21)18-12-17(3,4)5)14(2)19-6-8-20(9-7-19)15-10-22-11-15/h14-15H,1,6-12H2,2-5H3,(H,18,21). The van der Waals surface area contributed by atoms with E-state index in [-0.39, 0.29) is 17.4 Å². The van der Waals surface area contributed by atoms with Crippen LogP contribution in [-0.4, -0.2) is 73.7 Å². The van der Waals surface area contributed by atoms with Crippen LogP contribution in [0.4, 0.5) is 0 Å². The van der Waals surface area contributed by atoms with Gasteiger partial charge in [0.1, 0.15) is 0 Å². The van der Waals surface area contributed by atoms with Crippen molar-refractivity contribution in [1.82, 2.24) is 15.1 Å². The summed E-state index contributed by atoms with van der Waals surface area (Å²) in [6.07, 6.45) is 0. The molecule has 0 aromatic rings. The summed E-state index contributed by atoms with van der Waals surface area (Å²) in [5.41, 5.74) is 0.764. The fourth-order valence-electron chi connectivity index (χ4n) is 2.79. The van der Waals surface area contributed by atoms with Crippen molar-refractivity contribution in [3.05, 3.63) is 12.2 Å². The van der Waals surface area contributed by atoms with Crippen molar-refractivity contribution in [3.63, 3.8) is 0 Å². The van der Waals surface area contributed by atoms with Gasteiger partial charge in [-0.2, -0.15) is 0 Å². The first kappa shape index (κ1) is 17.4. The summed E-state index contributed by atoms with van der Waals surface area (Å²) < 4.78 is 5.26. The maximum absolute atomic E-state index is 12.2. The molecule has 1 atom stereocenters. The van der Waals surface area contributed by atoms with E-state index < -0.39 is 0 Å². The minimum absolute atomic E-state index is 0.0164. The Balaban J connectivity index is 1.77. The zero-order chi connectivity index (χ0) is 16.3. The molecule has 1 unspecified atom stereocenters. The fraction of sp³-hybridized carbons (Fsp3) is 0.824. The number of carbonyl (C=O) groups is 1. The summed E-state index contributed by atoms with van der Waals surface area (Å²) in [6.45, 7) is 18.9. The van der Waals surface area contributed by atoms with Crippen molar-refractivity contribution in [1.29, 1.82) is 0 Å². The van der Waals surface area contributed by atoms with Gasteiger partial charge in [-0.3, -0.25) is 14.6 Å². The molecule has 126 valence electrons. The van der Waals surface area contributed by atoms with E-state index in [2.05, 4.69) is 49.4 Å². The number of ether oxygens (including phenoxy) is 1. The monoisotopic (exact) mass is 309 g/mol. The largest absolute Gasteiger partial charge is 0.378 e. The molecule has 0 radical (unpaired) electrons. The van der Waals surface area contributed by atoms with Crippen LogP contribution < -0.4 is 5.32 Å². The predicted octanol–water partition coefficient (Wildman–Crippen LogP) is 1.11. The highest BCUT2D eigenvalue weighted by Crippen LogP contribution is 2.17. The molecule has 2 fully saturated rings. The smallest absolute Gasteiger partial charge is 0.248 e. The first-order valence-corrected chi connectivity index (χ1v) is 8.31. The zero-order valence-electron chi connectivity index (χ0n) is 14.5. The Morgan fingerprint density at radius 2 is 1.86 bits per heavy atom. The van der Waals surface area contributed by atoms with Gasteiger partial charge in [-0.1, -0.05) is 27.4 Å². The second-order valence-corrected chi connectivity index (χ2v) is 7.71. The molecule has 0 aromatic heterocycles. The molecular weight excluding hydrogens is 278 g/mol. The highest BCUT2D eigenvalue weighted by molar-refractivity contribution is 5.93. The number of nitrogens with zero attached hydrogens (tertiary/aromatic N) is 2. The third kappa shape index (κ3) is 4.54. The lowest BCUT2D eigenvalue weighted by Gasteiger charge is -2.44. The van der Waals surface area contributed by atoms with Gasteiger partial charge in [0.05, 0.1) is 19.3 Å². The molecule has 0 aromatic carbocycles. The van der Waals surface area contributed by atoms with E-state index >= 15 is 0 Å². The van der Waals surface area contributed by atoms with Crippen molar-refractivity contribution in [2.24, 2.45) is 5.41 Å². The van der Waals surface area contributed by atoms with Gasteiger partial charge in [0.25, 0.3) is 0 Å². The van der Waals surface area contributed by atoms with E-state index in [9.17, 15) is 4.79 Å². The highest BCUT2D eigenvalue weighted by Gasteiger charge is 2.31. The molecule has 0 aliphatic carbocycles. The van der Waals surface area contributed by atoms with Gasteiger partial charge in [-0.25, -0.2) is 0 Å².